The molecule has 0 radical (unpaired) electrons. The number of hydrogen-bond donors (Lipinski definition) is 1. The fourth-order valence-corrected chi connectivity index (χ4v) is 4.23. The van der Waals surface area contributed by atoms with Gasteiger partial charge in [0.2, 0.25) is 5.91 Å². The lowest BCUT2D eigenvalue weighted by atomic mass is 9.97. The molecular formula is C19H27NO5S. The van der Waals surface area contributed by atoms with E-state index in [4.69, 9.17) is 5.11 Å². The molecule has 6 nitrogen and oxygen atoms in total. The number of hydrogen-bond acceptors (Lipinski definition) is 4. The first-order valence-electron chi connectivity index (χ1n) is 9.16. The minimum Gasteiger partial charge on any atom is -0.481 e. The van der Waals surface area contributed by atoms with Crippen molar-refractivity contribution in [3.63, 3.8) is 0 Å². The number of piperidine rings is 1. The summed E-state index contributed by atoms with van der Waals surface area (Å²) in [6.07, 6.45) is 4.34. The van der Waals surface area contributed by atoms with Crippen LogP contribution in [-0.4, -0.2) is 48.6 Å². The summed E-state index contributed by atoms with van der Waals surface area (Å²) in [7, 11) is -3.21. The molecule has 1 aliphatic rings. The topological polar surface area (TPSA) is 91.8 Å². The second-order valence-electron chi connectivity index (χ2n) is 6.72. The molecule has 144 valence electrons. The second-order valence-corrected chi connectivity index (χ2v) is 8.99. The Hall–Kier alpha value is -1.89. The van der Waals surface area contributed by atoms with Crippen LogP contribution in [0.1, 0.15) is 51.0 Å². The highest BCUT2D eigenvalue weighted by molar-refractivity contribution is 7.91. The van der Waals surface area contributed by atoms with Crippen LogP contribution in [0.2, 0.25) is 0 Å². The molecule has 26 heavy (non-hydrogen) atoms. The van der Waals surface area contributed by atoms with E-state index in [9.17, 15) is 18.0 Å². The van der Waals surface area contributed by atoms with Crippen molar-refractivity contribution < 1.29 is 23.1 Å². The fraction of sp³-hybridized carbons (Fsp3) is 0.579. The molecule has 1 fully saturated rings. The van der Waals surface area contributed by atoms with Crippen molar-refractivity contribution in [3.8, 4) is 0 Å². The van der Waals surface area contributed by atoms with E-state index >= 15 is 0 Å². The van der Waals surface area contributed by atoms with Crippen molar-refractivity contribution in [2.24, 2.45) is 0 Å². The maximum absolute atomic E-state index is 12.6. The van der Waals surface area contributed by atoms with Crippen LogP contribution in [0, 0.1) is 0 Å². The Kier molecular flexibility index (Phi) is 7.20. The third kappa shape index (κ3) is 5.56. The predicted molar refractivity (Wildman–Crippen MR) is 98.7 cm³/mol. The smallest absolute Gasteiger partial charge is 0.303 e. The van der Waals surface area contributed by atoms with Crippen LogP contribution < -0.4 is 0 Å². The molecule has 0 aliphatic carbocycles. The number of nitrogens with zero attached hydrogens (tertiary/aromatic N) is 1. The number of carboxylic acids is 1. The van der Waals surface area contributed by atoms with Crippen LogP contribution in [0.15, 0.2) is 29.2 Å². The van der Waals surface area contributed by atoms with E-state index in [0.29, 0.717) is 30.7 Å². The zero-order chi connectivity index (χ0) is 19.2. The van der Waals surface area contributed by atoms with E-state index in [1.165, 1.54) is 0 Å². The molecule has 1 heterocycles. The van der Waals surface area contributed by atoms with E-state index < -0.39 is 15.8 Å². The minimum atomic E-state index is -3.21. The lowest BCUT2D eigenvalue weighted by Crippen LogP contribution is -2.44. The number of likely N-dealkylation sites (tertiary alicyclic amines) is 1. The number of sulfone groups is 1. The van der Waals surface area contributed by atoms with E-state index in [1.54, 1.807) is 31.2 Å². The molecule has 1 atom stereocenters. The summed E-state index contributed by atoms with van der Waals surface area (Å²) in [5.41, 5.74) is 0.924. The molecule has 0 spiro atoms. The lowest BCUT2D eigenvalue weighted by Gasteiger charge is -2.35. The number of aryl methyl sites for hydroxylation is 1. The first-order valence-corrected chi connectivity index (χ1v) is 10.8. The average molecular weight is 381 g/mol. The molecule has 1 aromatic carbocycles. The summed E-state index contributed by atoms with van der Waals surface area (Å²) < 4.78 is 23.7. The number of carboxylic acid groups (broad SMARTS) is 1. The third-order valence-electron chi connectivity index (χ3n) is 4.93. The van der Waals surface area contributed by atoms with E-state index in [0.717, 1.165) is 24.8 Å². The molecule has 0 bridgehead atoms. The van der Waals surface area contributed by atoms with E-state index in [1.807, 2.05) is 4.90 Å². The Morgan fingerprint density at radius 2 is 1.85 bits per heavy atom. The van der Waals surface area contributed by atoms with Crippen molar-refractivity contribution in [2.45, 2.75) is 62.8 Å². The Labute approximate surface area is 155 Å². The molecule has 0 saturated carbocycles. The largest absolute Gasteiger partial charge is 0.481 e. The number of benzene rings is 1. The van der Waals surface area contributed by atoms with Crippen LogP contribution in [0.25, 0.3) is 0 Å². The predicted octanol–water partition coefficient (Wildman–Crippen LogP) is 2.66. The molecule has 7 heteroatoms. The number of carbonyl (C=O) groups excluding carboxylic acids is 1. The zero-order valence-corrected chi connectivity index (χ0v) is 16.0. The van der Waals surface area contributed by atoms with Gasteiger partial charge in [0.25, 0.3) is 0 Å². The average Bonchev–Trinajstić information content (AvgIpc) is 2.65. The van der Waals surface area contributed by atoms with Crippen molar-refractivity contribution in [1.29, 1.82) is 0 Å². The fourth-order valence-electron chi connectivity index (χ4n) is 3.34. The van der Waals surface area contributed by atoms with Gasteiger partial charge in [0.15, 0.2) is 9.84 Å². The summed E-state index contributed by atoms with van der Waals surface area (Å²) in [5, 5.41) is 8.87. The van der Waals surface area contributed by atoms with Crippen LogP contribution in [0.5, 0.6) is 0 Å². The van der Waals surface area contributed by atoms with Gasteiger partial charge in [-0.15, -0.1) is 0 Å². The molecule has 1 N–H and O–H groups in total. The molecule has 1 saturated heterocycles. The van der Waals surface area contributed by atoms with Crippen LogP contribution in [0.4, 0.5) is 0 Å². The van der Waals surface area contributed by atoms with Crippen LogP contribution >= 0.6 is 0 Å². The first kappa shape index (κ1) is 20.4. The minimum absolute atomic E-state index is 0.0180. The molecule has 1 aliphatic heterocycles. The molecular weight excluding hydrogens is 354 g/mol. The van der Waals surface area contributed by atoms with Crippen molar-refractivity contribution in [1.82, 2.24) is 4.90 Å². The summed E-state index contributed by atoms with van der Waals surface area (Å²) in [6.45, 7) is 2.30. The Balaban J connectivity index is 1.93. The van der Waals surface area contributed by atoms with Gasteiger partial charge < -0.3 is 10.0 Å². The third-order valence-corrected chi connectivity index (χ3v) is 6.68. The molecule has 2 rings (SSSR count). The summed E-state index contributed by atoms with van der Waals surface area (Å²) in [4.78, 5) is 25.5. The van der Waals surface area contributed by atoms with Crippen molar-refractivity contribution in [3.05, 3.63) is 29.8 Å². The second kappa shape index (κ2) is 9.16. The normalized spacial score (nSPS) is 17.9. The molecule has 1 unspecified atom stereocenters. The van der Waals surface area contributed by atoms with Gasteiger partial charge in [0, 0.05) is 25.4 Å². The molecule has 0 aromatic heterocycles. The highest BCUT2D eigenvalue weighted by Gasteiger charge is 2.26. The van der Waals surface area contributed by atoms with Crippen LogP contribution in [-0.2, 0) is 25.8 Å². The number of aliphatic carboxylic acids is 1. The van der Waals surface area contributed by atoms with Gasteiger partial charge in [-0.3, -0.25) is 9.59 Å². The summed E-state index contributed by atoms with van der Waals surface area (Å²) in [5.74, 6) is -0.715. The van der Waals surface area contributed by atoms with Gasteiger partial charge in [0.05, 0.1) is 10.6 Å². The monoisotopic (exact) mass is 381 g/mol. The van der Waals surface area contributed by atoms with Crippen molar-refractivity contribution in [2.75, 3.05) is 12.3 Å². The Morgan fingerprint density at radius 3 is 2.46 bits per heavy atom. The van der Waals surface area contributed by atoms with Gasteiger partial charge >= 0.3 is 5.97 Å². The first-order chi connectivity index (χ1) is 12.3. The van der Waals surface area contributed by atoms with Gasteiger partial charge in [0.1, 0.15) is 0 Å². The quantitative estimate of drug-likeness (QED) is 0.747. The maximum atomic E-state index is 12.6. The van der Waals surface area contributed by atoms with E-state index in [-0.39, 0.29) is 24.1 Å². The number of carbonyl (C=O) groups is 2. The Morgan fingerprint density at radius 1 is 1.15 bits per heavy atom. The maximum Gasteiger partial charge on any atom is 0.303 e. The standard InChI is InChI=1S/C19H27NO5S/c1-2-26(24,25)17-10-6-15(7-11-17)8-12-18(21)20-14-4-3-5-16(20)9-13-19(22)23/h6-7,10-11,16H,2-5,8-9,12-14H2,1H3,(H,22,23). The SMILES string of the molecule is CCS(=O)(=O)c1ccc(CCC(=O)N2CCCCC2CCC(=O)O)cc1. The number of rotatable bonds is 8. The van der Waals surface area contributed by atoms with Gasteiger partial charge in [-0.2, -0.15) is 0 Å². The van der Waals surface area contributed by atoms with E-state index in [2.05, 4.69) is 0 Å². The lowest BCUT2D eigenvalue weighted by molar-refractivity contribution is -0.140. The summed E-state index contributed by atoms with van der Waals surface area (Å²) >= 11 is 0. The van der Waals surface area contributed by atoms with Gasteiger partial charge in [-0.25, -0.2) is 8.42 Å². The molecule has 1 amide bonds. The Bertz CT molecular complexity index is 727. The highest BCUT2D eigenvalue weighted by Crippen LogP contribution is 2.22. The zero-order valence-electron chi connectivity index (χ0n) is 15.2. The highest BCUT2D eigenvalue weighted by atomic mass is 32.2. The van der Waals surface area contributed by atoms with Gasteiger partial charge in [-0.05, 0) is 49.8 Å². The molecule has 1 aromatic rings. The van der Waals surface area contributed by atoms with Gasteiger partial charge in [-0.1, -0.05) is 19.1 Å². The summed E-state index contributed by atoms with van der Waals surface area (Å²) in [6, 6.07) is 6.72. The number of amides is 1. The van der Waals surface area contributed by atoms with Crippen molar-refractivity contribution >= 4 is 21.7 Å². The van der Waals surface area contributed by atoms with Crippen LogP contribution in [0.3, 0.4) is 0 Å².